The third-order valence-electron chi connectivity index (χ3n) is 4.85. The molecule has 4 rings (SSSR count). The van der Waals surface area contributed by atoms with Crippen molar-refractivity contribution in [2.24, 2.45) is 0 Å². The lowest BCUT2D eigenvalue weighted by Gasteiger charge is -2.38. The van der Waals surface area contributed by atoms with Gasteiger partial charge in [0, 0.05) is 25.4 Å². The molecule has 10 nitrogen and oxygen atoms in total. The lowest BCUT2D eigenvalue weighted by atomic mass is 10.1. The number of H-pyrrole nitrogens is 1. The van der Waals surface area contributed by atoms with E-state index in [-0.39, 0.29) is 30.0 Å². The van der Waals surface area contributed by atoms with E-state index in [0.29, 0.717) is 28.3 Å². The maximum absolute atomic E-state index is 14.5. The number of fused-ring (bicyclic) bond motifs is 1. The molecule has 3 N–H and O–H groups in total. The number of nitrogens with one attached hydrogen (secondary N) is 3. The Labute approximate surface area is 171 Å². The topological polar surface area (TPSA) is 111 Å². The van der Waals surface area contributed by atoms with Crippen molar-refractivity contribution in [3.8, 4) is 5.88 Å². The summed E-state index contributed by atoms with van der Waals surface area (Å²) in [6.45, 7) is 3.23. The molecule has 0 bridgehead atoms. The highest BCUT2D eigenvalue weighted by Crippen LogP contribution is 2.33. The highest BCUT2D eigenvalue weighted by molar-refractivity contribution is 6.35. The van der Waals surface area contributed by atoms with Crippen LogP contribution in [-0.2, 0) is 6.54 Å². The molecule has 0 aromatic carbocycles. The van der Waals surface area contributed by atoms with Crippen LogP contribution in [0.5, 0.6) is 5.88 Å². The SMILES string of the molecule is CCn1cc(Nc2nc(OC3CN([NH+](C)[O-])CC[C@H]3F)c3c(Cl)c[nH]c3n2)cn1. The predicted molar refractivity (Wildman–Crippen MR) is 106 cm³/mol. The fourth-order valence-corrected chi connectivity index (χ4v) is 3.49. The average molecular weight is 425 g/mol. The van der Waals surface area contributed by atoms with Crippen molar-refractivity contribution in [2.45, 2.75) is 32.2 Å². The van der Waals surface area contributed by atoms with Gasteiger partial charge in [0.2, 0.25) is 11.8 Å². The Balaban J connectivity index is 1.64. The van der Waals surface area contributed by atoms with E-state index in [1.54, 1.807) is 22.1 Å². The first-order chi connectivity index (χ1) is 13.9. The van der Waals surface area contributed by atoms with Crippen molar-refractivity contribution >= 4 is 34.3 Å². The minimum Gasteiger partial charge on any atom is -0.613 e. The summed E-state index contributed by atoms with van der Waals surface area (Å²) in [4.78, 5) is 11.8. The van der Waals surface area contributed by atoms with Crippen molar-refractivity contribution in [3.63, 3.8) is 0 Å². The molecule has 156 valence electrons. The van der Waals surface area contributed by atoms with Crippen LogP contribution in [0.25, 0.3) is 11.0 Å². The summed E-state index contributed by atoms with van der Waals surface area (Å²) in [5.74, 6) is 0.418. The smallest absolute Gasteiger partial charge is 0.232 e. The van der Waals surface area contributed by atoms with Gasteiger partial charge in [0.25, 0.3) is 0 Å². The molecule has 4 heterocycles. The van der Waals surface area contributed by atoms with Crippen molar-refractivity contribution in [3.05, 3.63) is 28.8 Å². The summed E-state index contributed by atoms with van der Waals surface area (Å²) in [5, 5.41) is 21.2. The fourth-order valence-electron chi connectivity index (χ4n) is 3.26. The van der Waals surface area contributed by atoms with Crippen LogP contribution in [-0.4, -0.2) is 62.2 Å². The number of aromatic nitrogens is 5. The molecule has 3 atom stereocenters. The summed E-state index contributed by atoms with van der Waals surface area (Å²) in [6, 6.07) is 0. The molecule has 3 aromatic heterocycles. The van der Waals surface area contributed by atoms with E-state index >= 15 is 0 Å². The Morgan fingerprint density at radius 3 is 3.03 bits per heavy atom. The minimum atomic E-state index is -1.22. The van der Waals surface area contributed by atoms with Crippen molar-refractivity contribution < 1.29 is 14.3 Å². The second-order valence-electron chi connectivity index (χ2n) is 6.85. The Morgan fingerprint density at radius 1 is 1.48 bits per heavy atom. The van der Waals surface area contributed by atoms with Crippen LogP contribution in [0.1, 0.15) is 13.3 Å². The zero-order chi connectivity index (χ0) is 20.5. The van der Waals surface area contributed by atoms with E-state index in [0.717, 1.165) is 6.54 Å². The fraction of sp³-hybridized carbons (Fsp3) is 0.471. The number of alkyl halides is 1. The van der Waals surface area contributed by atoms with Gasteiger partial charge in [-0.1, -0.05) is 11.6 Å². The third-order valence-corrected chi connectivity index (χ3v) is 5.15. The second kappa shape index (κ2) is 8.11. The number of anilines is 2. The number of piperidine rings is 1. The van der Waals surface area contributed by atoms with Crippen LogP contribution < -0.4 is 15.2 Å². The van der Waals surface area contributed by atoms with Gasteiger partial charge in [-0.25, -0.2) is 4.39 Å². The molecule has 1 saturated heterocycles. The van der Waals surface area contributed by atoms with Gasteiger partial charge in [-0.15, -0.1) is 0 Å². The van der Waals surface area contributed by atoms with E-state index < -0.39 is 12.3 Å². The molecule has 12 heteroatoms. The van der Waals surface area contributed by atoms with E-state index in [1.807, 2.05) is 13.1 Å². The zero-order valence-corrected chi connectivity index (χ0v) is 16.8. The standard InChI is InChI=1S/C17H22ClFN8O2/c1-3-26-8-10(6-21-26)22-17-23-15-14(11(18)7-20-15)16(24-17)29-13-9-27(25(2)28)5-4-12(13)19/h6-8,12-13,25H,3-5,9H2,1-2H3,(H2,20,22,23,24)/t12-,13?/m1/s1. The highest BCUT2D eigenvalue weighted by Gasteiger charge is 2.34. The van der Waals surface area contributed by atoms with Crippen LogP contribution in [0.2, 0.25) is 5.02 Å². The molecule has 29 heavy (non-hydrogen) atoms. The molecule has 1 aliphatic heterocycles. The monoisotopic (exact) mass is 424 g/mol. The van der Waals surface area contributed by atoms with Crippen molar-refractivity contribution in [1.82, 2.24) is 29.7 Å². The Kier molecular flexibility index (Phi) is 5.54. The lowest BCUT2D eigenvalue weighted by molar-refractivity contribution is -0.956. The molecule has 0 spiro atoms. The lowest BCUT2D eigenvalue weighted by Crippen LogP contribution is -3.12. The van der Waals surface area contributed by atoms with Crippen LogP contribution in [0.3, 0.4) is 0 Å². The molecular weight excluding hydrogens is 403 g/mol. The quantitative estimate of drug-likeness (QED) is 0.511. The molecule has 0 amide bonds. The number of hydrogen-bond donors (Lipinski definition) is 3. The molecule has 1 fully saturated rings. The van der Waals surface area contributed by atoms with E-state index in [9.17, 15) is 9.60 Å². The van der Waals surface area contributed by atoms with E-state index in [4.69, 9.17) is 16.3 Å². The first kappa shape index (κ1) is 19.8. The number of nitrogens with zero attached hydrogens (tertiary/aromatic N) is 5. The Bertz CT molecular complexity index is 993. The van der Waals surface area contributed by atoms with Gasteiger partial charge in [0.15, 0.2) is 0 Å². The summed E-state index contributed by atoms with van der Waals surface area (Å²) in [7, 11) is 1.46. The summed E-state index contributed by atoms with van der Waals surface area (Å²) >= 11 is 6.26. The van der Waals surface area contributed by atoms with Gasteiger partial charge >= 0.3 is 0 Å². The van der Waals surface area contributed by atoms with Gasteiger partial charge < -0.3 is 20.2 Å². The summed E-state index contributed by atoms with van der Waals surface area (Å²) in [6.07, 6.45) is 3.20. The first-order valence-corrected chi connectivity index (χ1v) is 9.72. The number of ether oxygens (including phenoxy) is 1. The minimum absolute atomic E-state index is 0.117. The number of hydrogen-bond acceptors (Lipinski definition) is 7. The number of quaternary nitrogens is 1. The number of halogens is 2. The summed E-state index contributed by atoms with van der Waals surface area (Å²) in [5.41, 5.74) is 1.17. The summed E-state index contributed by atoms with van der Waals surface area (Å²) < 4.78 is 22.2. The van der Waals surface area contributed by atoms with E-state index in [1.165, 1.54) is 7.05 Å². The molecular formula is C17H22ClFN8O2. The average Bonchev–Trinajstić information content (AvgIpc) is 3.30. The number of aryl methyl sites for hydroxylation is 1. The predicted octanol–water partition coefficient (Wildman–Crippen LogP) is 1.29. The number of aromatic amines is 1. The van der Waals surface area contributed by atoms with Crippen molar-refractivity contribution in [2.75, 3.05) is 25.5 Å². The van der Waals surface area contributed by atoms with Crippen LogP contribution in [0.15, 0.2) is 18.6 Å². The highest BCUT2D eigenvalue weighted by atomic mass is 35.5. The van der Waals surface area contributed by atoms with Crippen LogP contribution in [0.4, 0.5) is 16.0 Å². The molecule has 2 unspecified atom stereocenters. The third kappa shape index (κ3) is 4.13. The molecule has 0 radical (unpaired) electrons. The zero-order valence-electron chi connectivity index (χ0n) is 16.0. The molecule has 1 aliphatic rings. The normalized spacial score (nSPS) is 21.4. The van der Waals surface area contributed by atoms with Gasteiger partial charge in [-0.05, 0) is 6.92 Å². The molecule has 0 aliphatic carbocycles. The van der Waals surface area contributed by atoms with Crippen LogP contribution in [0, 0.1) is 5.21 Å². The number of rotatable bonds is 6. The van der Waals surface area contributed by atoms with Crippen LogP contribution >= 0.6 is 11.6 Å². The van der Waals surface area contributed by atoms with Gasteiger partial charge in [0.1, 0.15) is 17.9 Å². The first-order valence-electron chi connectivity index (χ1n) is 9.35. The Hall–Kier alpha value is -2.47. The second-order valence-corrected chi connectivity index (χ2v) is 7.26. The maximum atomic E-state index is 14.5. The van der Waals surface area contributed by atoms with Gasteiger partial charge in [0.05, 0.1) is 42.4 Å². The maximum Gasteiger partial charge on any atom is 0.232 e. The molecule has 0 saturated carbocycles. The van der Waals surface area contributed by atoms with Gasteiger partial charge in [-0.3, -0.25) is 9.85 Å². The largest absolute Gasteiger partial charge is 0.613 e. The van der Waals surface area contributed by atoms with Crippen molar-refractivity contribution in [1.29, 1.82) is 0 Å². The number of hydroxylamine groups is 1. The van der Waals surface area contributed by atoms with E-state index in [2.05, 4.69) is 25.4 Å². The Morgan fingerprint density at radius 2 is 2.31 bits per heavy atom. The van der Waals surface area contributed by atoms with Gasteiger partial charge in [-0.2, -0.15) is 20.1 Å². The molecule has 3 aromatic rings.